The monoisotopic (exact) mass is 235 g/mol. The van der Waals surface area contributed by atoms with Gasteiger partial charge in [0, 0.05) is 24.2 Å². The Morgan fingerprint density at radius 3 is 3.18 bits per heavy atom. The minimum absolute atomic E-state index is 0.254. The molecule has 0 amide bonds. The van der Waals surface area contributed by atoms with Crippen LogP contribution in [-0.2, 0) is 6.42 Å². The van der Waals surface area contributed by atoms with E-state index in [9.17, 15) is 4.79 Å². The molecule has 6 nitrogen and oxygen atoms in total. The maximum atomic E-state index is 11.2. The second kappa shape index (κ2) is 5.09. The molecule has 17 heavy (non-hydrogen) atoms. The van der Waals surface area contributed by atoms with Gasteiger partial charge in [0.05, 0.1) is 0 Å². The third-order valence-electron chi connectivity index (χ3n) is 2.62. The van der Waals surface area contributed by atoms with Crippen molar-refractivity contribution in [2.45, 2.75) is 32.7 Å². The molecule has 0 aromatic carbocycles. The van der Waals surface area contributed by atoms with Crippen LogP contribution in [0.2, 0.25) is 0 Å². The fourth-order valence-corrected chi connectivity index (χ4v) is 1.74. The standard InChI is InChI=1S/C11H17N5O/c1-3-4-12-8(2)5-9-6-10-14-15-11(17)16(10)7-13-9/h6-8,12H,3-5H2,1-2H3,(H,15,17). The Morgan fingerprint density at radius 1 is 1.59 bits per heavy atom. The number of H-pyrrole nitrogens is 1. The lowest BCUT2D eigenvalue weighted by Gasteiger charge is -2.12. The highest BCUT2D eigenvalue weighted by molar-refractivity contribution is 5.36. The summed E-state index contributed by atoms with van der Waals surface area (Å²) in [5, 5.41) is 9.70. The first-order chi connectivity index (χ1) is 8.20. The van der Waals surface area contributed by atoms with Crippen molar-refractivity contribution >= 4 is 5.65 Å². The largest absolute Gasteiger partial charge is 0.348 e. The molecule has 0 saturated heterocycles. The van der Waals surface area contributed by atoms with E-state index in [1.807, 2.05) is 6.07 Å². The van der Waals surface area contributed by atoms with Crippen LogP contribution in [0.15, 0.2) is 17.2 Å². The molecular weight excluding hydrogens is 218 g/mol. The van der Waals surface area contributed by atoms with E-state index in [1.165, 1.54) is 10.7 Å². The molecule has 0 spiro atoms. The third-order valence-corrected chi connectivity index (χ3v) is 2.62. The van der Waals surface area contributed by atoms with Gasteiger partial charge < -0.3 is 5.32 Å². The van der Waals surface area contributed by atoms with Gasteiger partial charge in [-0.2, -0.15) is 5.10 Å². The van der Waals surface area contributed by atoms with Crippen LogP contribution in [-0.4, -0.2) is 32.2 Å². The smallest absolute Gasteiger partial charge is 0.314 e. The summed E-state index contributed by atoms with van der Waals surface area (Å²) in [5.74, 6) is 0. The lowest BCUT2D eigenvalue weighted by molar-refractivity contribution is 0.538. The molecule has 0 fully saturated rings. The summed E-state index contributed by atoms with van der Waals surface area (Å²) in [7, 11) is 0. The van der Waals surface area contributed by atoms with Crippen LogP contribution in [0.25, 0.3) is 5.65 Å². The Labute approximate surface area is 99.1 Å². The molecule has 6 heteroatoms. The maximum absolute atomic E-state index is 11.2. The van der Waals surface area contributed by atoms with Gasteiger partial charge in [-0.1, -0.05) is 6.92 Å². The first-order valence-corrected chi connectivity index (χ1v) is 5.85. The van der Waals surface area contributed by atoms with Crippen LogP contribution in [0.4, 0.5) is 0 Å². The molecule has 0 aliphatic rings. The van der Waals surface area contributed by atoms with E-state index in [2.05, 4.69) is 34.3 Å². The van der Waals surface area contributed by atoms with E-state index in [0.29, 0.717) is 11.7 Å². The predicted molar refractivity (Wildman–Crippen MR) is 65.1 cm³/mol. The molecule has 0 saturated carbocycles. The molecule has 0 bridgehead atoms. The summed E-state index contributed by atoms with van der Waals surface area (Å²) in [6.07, 6.45) is 3.46. The van der Waals surface area contributed by atoms with Crippen molar-refractivity contribution in [1.29, 1.82) is 0 Å². The molecule has 0 radical (unpaired) electrons. The summed E-state index contributed by atoms with van der Waals surface area (Å²) in [5.41, 5.74) is 1.30. The van der Waals surface area contributed by atoms with E-state index < -0.39 is 0 Å². The highest BCUT2D eigenvalue weighted by atomic mass is 16.1. The van der Waals surface area contributed by atoms with Crippen molar-refractivity contribution in [3.63, 3.8) is 0 Å². The quantitative estimate of drug-likeness (QED) is 0.784. The summed E-state index contributed by atoms with van der Waals surface area (Å²) in [6, 6.07) is 2.21. The van der Waals surface area contributed by atoms with Crippen LogP contribution in [0.1, 0.15) is 26.0 Å². The predicted octanol–water partition coefficient (Wildman–Crippen LogP) is 0.348. The topological polar surface area (TPSA) is 75.1 Å². The van der Waals surface area contributed by atoms with Crippen LogP contribution < -0.4 is 11.0 Å². The molecule has 0 aliphatic heterocycles. The molecule has 2 aromatic rings. The van der Waals surface area contributed by atoms with Crippen molar-refractivity contribution in [2.24, 2.45) is 0 Å². The normalized spacial score (nSPS) is 13.1. The van der Waals surface area contributed by atoms with Crippen molar-refractivity contribution in [3.8, 4) is 0 Å². The fraction of sp³-hybridized carbons (Fsp3) is 0.545. The number of nitrogens with one attached hydrogen (secondary N) is 2. The zero-order valence-corrected chi connectivity index (χ0v) is 10.1. The number of nitrogens with zero attached hydrogens (tertiary/aromatic N) is 3. The SMILES string of the molecule is CCCNC(C)Cc1cc2n[nH]c(=O)n2cn1. The van der Waals surface area contributed by atoms with Gasteiger partial charge in [0.25, 0.3) is 0 Å². The second-order valence-corrected chi connectivity index (χ2v) is 4.20. The summed E-state index contributed by atoms with van der Waals surface area (Å²) < 4.78 is 1.40. The van der Waals surface area contributed by atoms with Crippen molar-refractivity contribution in [1.82, 2.24) is 24.9 Å². The van der Waals surface area contributed by atoms with Gasteiger partial charge in [0.2, 0.25) is 0 Å². The first-order valence-electron chi connectivity index (χ1n) is 5.85. The molecule has 2 heterocycles. The van der Waals surface area contributed by atoms with Crippen LogP contribution in [0.5, 0.6) is 0 Å². The molecular formula is C11H17N5O. The van der Waals surface area contributed by atoms with Gasteiger partial charge in [0.1, 0.15) is 6.33 Å². The van der Waals surface area contributed by atoms with E-state index in [4.69, 9.17) is 0 Å². The third kappa shape index (κ3) is 2.71. The molecule has 1 unspecified atom stereocenters. The highest BCUT2D eigenvalue weighted by Gasteiger charge is 2.06. The second-order valence-electron chi connectivity index (χ2n) is 4.20. The molecule has 2 rings (SSSR count). The molecule has 1 atom stereocenters. The van der Waals surface area contributed by atoms with Gasteiger partial charge in [-0.3, -0.25) is 0 Å². The van der Waals surface area contributed by atoms with Gasteiger partial charge in [-0.05, 0) is 19.9 Å². The average Bonchev–Trinajstić information content (AvgIpc) is 2.68. The summed E-state index contributed by atoms with van der Waals surface area (Å²) in [4.78, 5) is 15.5. The molecule has 0 aliphatic carbocycles. The summed E-state index contributed by atoms with van der Waals surface area (Å²) >= 11 is 0. The zero-order chi connectivity index (χ0) is 12.3. The number of hydrogen-bond acceptors (Lipinski definition) is 4. The number of aromatic nitrogens is 4. The van der Waals surface area contributed by atoms with Gasteiger partial charge >= 0.3 is 5.69 Å². The van der Waals surface area contributed by atoms with Gasteiger partial charge in [-0.25, -0.2) is 19.3 Å². The van der Waals surface area contributed by atoms with Gasteiger partial charge in [0.15, 0.2) is 5.65 Å². The minimum Gasteiger partial charge on any atom is -0.314 e. The Balaban J connectivity index is 2.11. The number of hydrogen-bond donors (Lipinski definition) is 2. The van der Waals surface area contributed by atoms with E-state index in [0.717, 1.165) is 25.1 Å². The average molecular weight is 235 g/mol. The number of fused-ring (bicyclic) bond motifs is 1. The van der Waals surface area contributed by atoms with Gasteiger partial charge in [-0.15, -0.1) is 0 Å². The van der Waals surface area contributed by atoms with Crippen molar-refractivity contribution in [2.75, 3.05) is 6.54 Å². The van der Waals surface area contributed by atoms with Crippen molar-refractivity contribution < 1.29 is 0 Å². The van der Waals surface area contributed by atoms with Crippen LogP contribution in [0, 0.1) is 0 Å². The summed E-state index contributed by atoms with van der Waals surface area (Å²) in [6.45, 7) is 5.27. The number of rotatable bonds is 5. The molecule has 92 valence electrons. The Hall–Kier alpha value is -1.69. The van der Waals surface area contributed by atoms with E-state index >= 15 is 0 Å². The first kappa shape index (κ1) is 11.8. The lowest BCUT2D eigenvalue weighted by Crippen LogP contribution is -2.29. The Bertz CT molecular complexity index is 544. The molecule has 2 N–H and O–H groups in total. The number of aromatic amines is 1. The molecule has 2 aromatic heterocycles. The minimum atomic E-state index is -0.254. The van der Waals surface area contributed by atoms with Crippen LogP contribution in [0.3, 0.4) is 0 Å². The van der Waals surface area contributed by atoms with Crippen LogP contribution >= 0.6 is 0 Å². The lowest BCUT2D eigenvalue weighted by atomic mass is 10.2. The Kier molecular flexibility index (Phi) is 3.53. The Morgan fingerprint density at radius 2 is 2.41 bits per heavy atom. The fourth-order valence-electron chi connectivity index (χ4n) is 1.74. The van der Waals surface area contributed by atoms with Crippen molar-refractivity contribution in [3.05, 3.63) is 28.6 Å². The van der Waals surface area contributed by atoms with E-state index in [-0.39, 0.29) is 5.69 Å². The zero-order valence-electron chi connectivity index (χ0n) is 10.1. The van der Waals surface area contributed by atoms with E-state index in [1.54, 1.807) is 0 Å². The maximum Gasteiger partial charge on any atom is 0.348 e. The highest BCUT2D eigenvalue weighted by Crippen LogP contribution is 2.02.